The number of imidazole rings is 1. The molecule has 0 aliphatic carbocycles. The molecule has 1 heterocycles. The van der Waals surface area contributed by atoms with Gasteiger partial charge in [0.1, 0.15) is 6.04 Å². The highest BCUT2D eigenvalue weighted by Crippen LogP contribution is 2.14. The van der Waals surface area contributed by atoms with Crippen molar-refractivity contribution in [1.82, 2.24) is 25.9 Å². The predicted molar refractivity (Wildman–Crippen MR) is 183 cm³/mol. The van der Waals surface area contributed by atoms with Gasteiger partial charge in [-0.2, -0.15) is 0 Å². The second kappa shape index (κ2) is 25.1. The molecule has 0 aliphatic heterocycles. The number of aromatic amines is 1. The van der Waals surface area contributed by atoms with Crippen molar-refractivity contribution < 1.29 is 24.0 Å². The van der Waals surface area contributed by atoms with Gasteiger partial charge in [-0.05, 0) is 19.3 Å². The molecule has 1 aromatic heterocycles. The standard InChI is InChI=1S/C36H63N5O5/c1-6-9-10-11-12-13-14-15-16-17-18-19-20-21-33(44)41-35(27(4)7-2)36(46)39-28(5)32(43)22-23-34(45)40-30(31(42)8-3)24-29-25-37-26-38-29/h25-28,30,35H,6-24H2,1-5H3,(H,37,38)(H,39,46)(H,40,45)(H,41,44)/t27-,28-,30-,35-/m0/s1. The van der Waals surface area contributed by atoms with E-state index >= 15 is 0 Å². The summed E-state index contributed by atoms with van der Waals surface area (Å²) < 4.78 is 0. The molecule has 46 heavy (non-hydrogen) atoms. The molecule has 0 spiro atoms. The molecule has 10 heteroatoms. The summed E-state index contributed by atoms with van der Waals surface area (Å²) in [6.45, 7) is 9.43. The van der Waals surface area contributed by atoms with Gasteiger partial charge >= 0.3 is 0 Å². The molecule has 4 N–H and O–H groups in total. The van der Waals surface area contributed by atoms with Gasteiger partial charge in [-0.3, -0.25) is 24.0 Å². The lowest BCUT2D eigenvalue weighted by Gasteiger charge is -2.25. The maximum atomic E-state index is 13.1. The minimum atomic E-state index is -0.817. The summed E-state index contributed by atoms with van der Waals surface area (Å²) in [6.07, 6.45) is 20.6. The highest BCUT2D eigenvalue weighted by Gasteiger charge is 2.28. The Morgan fingerprint density at radius 3 is 1.78 bits per heavy atom. The van der Waals surface area contributed by atoms with E-state index in [1.54, 1.807) is 20.0 Å². The first kappa shape index (κ1) is 41.0. The number of rotatable bonds is 28. The zero-order valence-electron chi connectivity index (χ0n) is 29.4. The zero-order valence-corrected chi connectivity index (χ0v) is 29.4. The number of hydrogen-bond donors (Lipinski definition) is 4. The molecule has 0 aliphatic rings. The number of carbonyl (C=O) groups excluding carboxylic acids is 5. The van der Waals surface area contributed by atoms with Crippen LogP contribution >= 0.6 is 0 Å². The Hall–Kier alpha value is -3.04. The molecule has 0 radical (unpaired) electrons. The Morgan fingerprint density at radius 1 is 0.696 bits per heavy atom. The van der Waals surface area contributed by atoms with Crippen LogP contribution in [0.15, 0.2) is 12.5 Å². The van der Waals surface area contributed by atoms with Crippen molar-refractivity contribution in [2.75, 3.05) is 0 Å². The molecule has 0 saturated heterocycles. The minimum absolute atomic E-state index is 0.0796. The Kier molecular flexibility index (Phi) is 22.4. The Bertz CT molecular complexity index is 1010. The third kappa shape index (κ3) is 18.2. The van der Waals surface area contributed by atoms with Gasteiger partial charge in [0.15, 0.2) is 11.6 Å². The average molecular weight is 646 g/mol. The van der Waals surface area contributed by atoms with Gasteiger partial charge in [0.2, 0.25) is 17.7 Å². The number of H-pyrrole nitrogens is 1. The lowest BCUT2D eigenvalue weighted by molar-refractivity contribution is -0.133. The number of carbonyl (C=O) groups is 5. The minimum Gasteiger partial charge on any atom is -0.348 e. The topological polar surface area (TPSA) is 150 Å². The first-order valence-electron chi connectivity index (χ1n) is 18.0. The van der Waals surface area contributed by atoms with Crippen molar-refractivity contribution in [1.29, 1.82) is 0 Å². The van der Waals surface area contributed by atoms with E-state index in [-0.39, 0.29) is 42.7 Å². The van der Waals surface area contributed by atoms with Crippen LogP contribution in [-0.4, -0.2) is 57.4 Å². The summed E-state index contributed by atoms with van der Waals surface area (Å²) in [4.78, 5) is 70.4. The third-order valence-corrected chi connectivity index (χ3v) is 8.81. The van der Waals surface area contributed by atoms with Gasteiger partial charge in [-0.1, -0.05) is 111 Å². The average Bonchev–Trinajstić information content (AvgIpc) is 3.56. The smallest absolute Gasteiger partial charge is 0.243 e. The van der Waals surface area contributed by atoms with Crippen LogP contribution in [0.3, 0.4) is 0 Å². The molecule has 10 nitrogen and oxygen atoms in total. The third-order valence-electron chi connectivity index (χ3n) is 8.81. The lowest BCUT2D eigenvalue weighted by atomic mass is 9.97. The van der Waals surface area contributed by atoms with Crippen LogP contribution in [-0.2, 0) is 30.4 Å². The van der Waals surface area contributed by atoms with E-state index in [0.29, 0.717) is 19.3 Å². The van der Waals surface area contributed by atoms with Crippen LogP contribution in [0.1, 0.15) is 156 Å². The number of ketones is 2. The van der Waals surface area contributed by atoms with Crippen LogP contribution in [0.2, 0.25) is 0 Å². The van der Waals surface area contributed by atoms with Crippen LogP contribution in [0.5, 0.6) is 0 Å². The van der Waals surface area contributed by atoms with Crippen molar-refractivity contribution in [3.05, 3.63) is 18.2 Å². The number of amides is 3. The van der Waals surface area contributed by atoms with Crippen molar-refractivity contribution in [3.63, 3.8) is 0 Å². The number of nitrogens with one attached hydrogen (secondary N) is 4. The molecule has 0 bridgehead atoms. The number of Topliss-reactive ketones (excluding diaryl/α,β-unsaturated/α-hetero) is 2. The first-order chi connectivity index (χ1) is 22.1. The lowest BCUT2D eigenvalue weighted by Crippen LogP contribution is -2.53. The van der Waals surface area contributed by atoms with E-state index in [1.807, 2.05) is 13.8 Å². The van der Waals surface area contributed by atoms with Crippen molar-refractivity contribution in [2.45, 2.75) is 175 Å². The molecule has 0 unspecified atom stereocenters. The monoisotopic (exact) mass is 645 g/mol. The van der Waals surface area contributed by atoms with Crippen molar-refractivity contribution >= 4 is 29.3 Å². The molecule has 1 aromatic rings. The summed E-state index contributed by atoms with van der Waals surface area (Å²) in [6, 6.07) is -2.26. The molecule has 3 amide bonds. The van der Waals surface area contributed by atoms with Crippen LogP contribution in [0.25, 0.3) is 0 Å². The summed E-state index contributed by atoms with van der Waals surface area (Å²) in [5.74, 6) is -1.46. The van der Waals surface area contributed by atoms with E-state index in [9.17, 15) is 24.0 Å². The molecule has 0 aromatic carbocycles. The van der Waals surface area contributed by atoms with Crippen LogP contribution in [0.4, 0.5) is 0 Å². The fourth-order valence-corrected chi connectivity index (χ4v) is 5.46. The molecule has 0 fully saturated rings. The number of unbranched alkanes of at least 4 members (excludes halogenated alkanes) is 12. The second-order valence-electron chi connectivity index (χ2n) is 12.8. The van der Waals surface area contributed by atoms with E-state index in [2.05, 4.69) is 32.8 Å². The van der Waals surface area contributed by atoms with Crippen molar-refractivity contribution in [3.8, 4) is 0 Å². The maximum Gasteiger partial charge on any atom is 0.243 e. The Labute approximate surface area is 277 Å². The predicted octanol–water partition coefficient (Wildman–Crippen LogP) is 6.28. The van der Waals surface area contributed by atoms with E-state index in [1.165, 1.54) is 70.5 Å². The highest BCUT2D eigenvalue weighted by molar-refractivity contribution is 5.94. The number of aromatic nitrogens is 2. The normalized spacial score (nSPS) is 13.8. The van der Waals surface area contributed by atoms with Gasteiger partial charge < -0.3 is 20.9 Å². The Morgan fingerprint density at radius 2 is 1.26 bits per heavy atom. The van der Waals surface area contributed by atoms with E-state index in [0.717, 1.165) is 25.0 Å². The van der Waals surface area contributed by atoms with Gasteiger partial charge in [-0.25, -0.2) is 4.98 Å². The van der Waals surface area contributed by atoms with Crippen molar-refractivity contribution in [2.24, 2.45) is 5.92 Å². The number of nitrogens with zero attached hydrogens (tertiary/aromatic N) is 1. The summed E-state index contributed by atoms with van der Waals surface area (Å²) in [5.41, 5.74) is 0.729. The molecule has 4 atom stereocenters. The van der Waals surface area contributed by atoms with Gasteiger partial charge in [0.25, 0.3) is 0 Å². The fraction of sp³-hybridized carbons (Fsp3) is 0.778. The van der Waals surface area contributed by atoms with Crippen LogP contribution < -0.4 is 16.0 Å². The highest BCUT2D eigenvalue weighted by atomic mass is 16.2. The first-order valence-corrected chi connectivity index (χ1v) is 18.0. The van der Waals surface area contributed by atoms with Gasteiger partial charge in [-0.15, -0.1) is 0 Å². The molecule has 1 rings (SSSR count). The van der Waals surface area contributed by atoms with Gasteiger partial charge in [0, 0.05) is 44.0 Å². The number of hydrogen-bond acceptors (Lipinski definition) is 6. The van der Waals surface area contributed by atoms with Crippen LogP contribution in [0, 0.1) is 5.92 Å². The fourth-order valence-electron chi connectivity index (χ4n) is 5.46. The molecule has 0 saturated carbocycles. The second-order valence-corrected chi connectivity index (χ2v) is 12.8. The summed E-state index contributed by atoms with van der Waals surface area (Å²) in [5, 5.41) is 8.36. The maximum absolute atomic E-state index is 13.1. The quantitative estimate of drug-likeness (QED) is 0.0788. The summed E-state index contributed by atoms with van der Waals surface area (Å²) in [7, 11) is 0. The Balaban J connectivity index is 2.38. The summed E-state index contributed by atoms with van der Waals surface area (Å²) >= 11 is 0. The molecular formula is C36H63N5O5. The van der Waals surface area contributed by atoms with Gasteiger partial charge in [0.05, 0.1) is 18.4 Å². The molecular weight excluding hydrogens is 582 g/mol. The molecule has 262 valence electrons. The van der Waals surface area contributed by atoms with E-state index in [4.69, 9.17) is 0 Å². The SMILES string of the molecule is CCCCCCCCCCCCCCCC(=O)N[C@H](C(=O)N[C@@H](C)C(=O)CCC(=O)N[C@@H](Cc1cnc[nH]1)C(=O)CC)[C@@H](C)CC. The zero-order chi connectivity index (χ0) is 34.2. The largest absolute Gasteiger partial charge is 0.348 e. The van der Waals surface area contributed by atoms with E-state index < -0.39 is 29.9 Å².